The minimum Gasteiger partial charge on any atom is -0.354 e. The Hall–Kier alpha value is -8.14. The summed E-state index contributed by atoms with van der Waals surface area (Å²) in [5.74, 6) is 0. The van der Waals surface area contributed by atoms with Crippen molar-refractivity contribution in [3.63, 3.8) is 0 Å². The van der Waals surface area contributed by atoms with E-state index in [-0.39, 0.29) is 0 Å². The van der Waals surface area contributed by atoms with Crippen LogP contribution in [0.5, 0.6) is 0 Å². The van der Waals surface area contributed by atoms with Gasteiger partial charge in [-0.05, 0) is 89.2 Å². The predicted octanol–water partition coefficient (Wildman–Crippen LogP) is 14.5. The van der Waals surface area contributed by atoms with Gasteiger partial charge in [-0.3, -0.25) is 0 Å². The van der Waals surface area contributed by atoms with Crippen LogP contribution in [-0.4, -0.2) is 9.55 Å². The molecule has 12 rings (SSSR count). The Morgan fingerprint density at radius 3 is 1.63 bits per heavy atom. The van der Waals surface area contributed by atoms with Crippen LogP contribution in [0.15, 0.2) is 224 Å². The smallest absolute Gasteiger partial charge is 0.0541 e. The fourth-order valence-electron chi connectivity index (χ4n) is 9.97. The van der Waals surface area contributed by atoms with Crippen molar-refractivity contribution in [2.45, 2.75) is 12.8 Å². The highest BCUT2D eigenvalue weighted by Crippen LogP contribution is 2.46. The van der Waals surface area contributed by atoms with Crippen molar-refractivity contribution < 1.29 is 0 Å². The Bertz CT molecular complexity index is 3560. The van der Waals surface area contributed by atoms with Gasteiger partial charge in [0.2, 0.25) is 0 Å². The van der Waals surface area contributed by atoms with Gasteiger partial charge in [-0.15, -0.1) is 0 Å². The summed E-state index contributed by atoms with van der Waals surface area (Å²) in [4.78, 5) is 6.18. The van der Waals surface area contributed by atoms with E-state index in [1.54, 1.807) is 0 Å². The van der Waals surface area contributed by atoms with Crippen LogP contribution in [0.3, 0.4) is 0 Å². The second kappa shape index (κ2) is 15.4. The third kappa shape index (κ3) is 6.28. The zero-order valence-corrected chi connectivity index (χ0v) is 34.7. The molecule has 2 heterocycles. The van der Waals surface area contributed by atoms with Gasteiger partial charge in [0, 0.05) is 54.6 Å². The Kier molecular flexibility index (Phi) is 8.97. The molecule has 11 aromatic rings. The lowest BCUT2D eigenvalue weighted by molar-refractivity contribution is 1.06. The average molecular weight is 806 g/mol. The molecule has 0 amide bonds. The molecular formula is C60H43N3. The van der Waals surface area contributed by atoms with Crippen molar-refractivity contribution >= 4 is 61.4 Å². The van der Waals surface area contributed by atoms with E-state index >= 15 is 0 Å². The van der Waals surface area contributed by atoms with Crippen LogP contribution in [0.1, 0.15) is 18.4 Å². The van der Waals surface area contributed by atoms with E-state index in [0.717, 1.165) is 46.7 Å². The van der Waals surface area contributed by atoms with E-state index < -0.39 is 0 Å². The summed E-state index contributed by atoms with van der Waals surface area (Å²) in [6.45, 7) is 0. The van der Waals surface area contributed by atoms with Gasteiger partial charge in [-0.2, -0.15) is 0 Å². The number of nitrogens with zero attached hydrogens (tertiary/aromatic N) is 2. The van der Waals surface area contributed by atoms with Crippen molar-refractivity contribution in [2.24, 2.45) is 0 Å². The highest BCUT2D eigenvalue weighted by atomic mass is 15.1. The van der Waals surface area contributed by atoms with E-state index in [9.17, 15) is 0 Å². The molecule has 1 aliphatic rings. The van der Waals surface area contributed by atoms with Crippen molar-refractivity contribution in [1.82, 2.24) is 9.55 Å². The van der Waals surface area contributed by atoms with Gasteiger partial charge in [-0.1, -0.05) is 182 Å². The molecule has 0 saturated heterocycles. The molecule has 298 valence electrons. The zero-order chi connectivity index (χ0) is 41.7. The number of aromatic nitrogens is 2. The number of H-pyrrole nitrogens is 1. The number of anilines is 3. The van der Waals surface area contributed by atoms with Crippen LogP contribution in [0, 0.1) is 0 Å². The lowest BCUT2D eigenvalue weighted by Gasteiger charge is -2.30. The molecule has 0 atom stereocenters. The summed E-state index contributed by atoms with van der Waals surface area (Å²) < 4.78 is 2.43. The average Bonchev–Trinajstić information content (AvgIpc) is 3.91. The first kappa shape index (κ1) is 36.7. The van der Waals surface area contributed by atoms with Crippen LogP contribution < -0.4 is 15.5 Å². The highest BCUT2D eigenvalue weighted by Gasteiger charge is 2.23. The Labute approximate surface area is 366 Å². The normalized spacial score (nSPS) is 12.4. The SMILES string of the molecule is C1=c2c([nH]c3ccccc23)=C(c2ccc(-c3ccc(N(c4ccccc4-c4ccccc4)c4ccccc4-c4ccccc4-n4c5ccccc5c5ccccc54)cc3)cc2)CC1. The first-order valence-electron chi connectivity index (χ1n) is 21.9. The fraction of sp³-hybridized carbons (Fsp3) is 0.0333. The van der Waals surface area contributed by atoms with Crippen LogP contribution in [0.4, 0.5) is 17.1 Å². The summed E-state index contributed by atoms with van der Waals surface area (Å²) in [5, 5.41) is 6.39. The standard InChI is InChI=1S/C60H43N3/c1-2-17-43(18-3-1)46-19-5-11-28-55(46)62(45-39-37-42(38-40-45)41-33-35-44(36-34-41)47-25-16-26-53-48-20-4-10-27-54(48)61-60(47)53)56-29-12-6-21-49(56)50-22-7-13-30-57(50)63-58-31-14-8-23-51(58)52-24-9-15-32-59(52)63/h1-15,17-24,26-40,61H,16,25H2. The lowest BCUT2D eigenvalue weighted by atomic mass is 9.94. The summed E-state index contributed by atoms with van der Waals surface area (Å²) >= 11 is 0. The minimum absolute atomic E-state index is 1.03. The minimum atomic E-state index is 1.03. The summed E-state index contributed by atoms with van der Waals surface area (Å²) in [5.41, 5.74) is 17.7. The summed E-state index contributed by atoms with van der Waals surface area (Å²) in [7, 11) is 0. The Morgan fingerprint density at radius 2 is 0.921 bits per heavy atom. The van der Waals surface area contributed by atoms with Gasteiger partial charge in [0.15, 0.2) is 0 Å². The van der Waals surface area contributed by atoms with E-state index in [2.05, 4.69) is 245 Å². The first-order chi connectivity index (χ1) is 31.3. The second-order valence-electron chi connectivity index (χ2n) is 16.4. The van der Waals surface area contributed by atoms with Crippen LogP contribution in [0.2, 0.25) is 0 Å². The molecule has 0 fully saturated rings. The fourth-order valence-corrected chi connectivity index (χ4v) is 9.97. The van der Waals surface area contributed by atoms with E-state index in [4.69, 9.17) is 0 Å². The van der Waals surface area contributed by atoms with E-state index in [0.29, 0.717) is 0 Å². The molecular weight excluding hydrogens is 763 g/mol. The number of aromatic amines is 1. The van der Waals surface area contributed by atoms with E-state index in [1.165, 1.54) is 76.7 Å². The zero-order valence-electron chi connectivity index (χ0n) is 34.7. The molecule has 9 aromatic carbocycles. The molecule has 1 aliphatic carbocycles. The van der Waals surface area contributed by atoms with Crippen molar-refractivity contribution in [3.8, 4) is 39.1 Å². The topological polar surface area (TPSA) is 24.0 Å². The van der Waals surface area contributed by atoms with Gasteiger partial charge in [0.05, 0.1) is 28.1 Å². The maximum Gasteiger partial charge on any atom is 0.0541 e. The monoisotopic (exact) mass is 805 g/mol. The molecule has 0 unspecified atom stereocenters. The van der Waals surface area contributed by atoms with Gasteiger partial charge >= 0.3 is 0 Å². The number of para-hydroxylation sites is 6. The molecule has 3 nitrogen and oxygen atoms in total. The summed E-state index contributed by atoms with van der Waals surface area (Å²) in [6.07, 6.45) is 4.46. The number of benzene rings is 9. The first-order valence-corrected chi connectivity index (χ1v) is 21.9. The third-order valence-corrected chi connectivity index (χ3v) is 12.9. The van der Waals surface area contributed by atoms with Crippen molar-refractivity contribution in [1.29, 1.82) is 0 Å². The van der Waals surface area contributed by atoms with Gasteiger partial charge < -0.3 is 14.5 Å². The maximum absolute atomic E-state index is 3.73. The van der Waals surface area contributed by atoms with Gasteiger partial charge in [0.1, 0.15) is 0 Å². The largest absolute Gasteiger partial charge is 0.354 e. The van der Waals surface area contributed by atoms with Crippen LogP contribution in [0.25, 0.3) is 83.4 Å². The quantitative estimate of drug-likeness (QED) is 0.162. The van der Waals surface area contributed by atoms with Crippen LogP contribution in [-0.2, 0) is 0 Å². The highest BCUT2D eigenvalue weighted by molar-refractivity contribution is 6.10. The molecule has 0 aliphatic heterocycles. The third-order valence-electron chi connectivity index (χ3n) is 12.9. The number of nitrogens with one attached hydrogen (secondary N) is 1. The summed E-state index contributed by atoms with van der Waals surface area (Å²) in [6, 6.07) is 81.7. The molecule has 2 aromatic heterocycles. The molecule has 0 spiro atoms. The Morgan fingerprint density at radius 1 is 0.397 bits per heavy atom. The van der Waals surface area contributed by atoms with Gasteiger partial charge in [-0.25, -0.2) is 0 Å². The lowest BCUT2D eigenvalue weighted by Crippen LogP contribution is -2.28. The van der Waals surface area contributed by atoms with Crippen LogP contribution >= 0.6 is 0 Å². The van der Waals surface area contributed by atoms with Crippen molar-refractivity contribution in [2.75, 3.05) is 4.90 Å². The number of hydrogen-bond donors (Lipinski definition) is 1. The number of rotatable bonds is 8. The second-order valence-corrected chi connectivity index (χ2v) is 16.4. The maximum atomic E-state index is 3.73. The number of fused-ring (bicyclic) bond motifs is 6. The molecule has 0 radical (unpaired) electrons. The molecule has 0 bridgehead atoms. The molecule has 63 heavy (non-hydrogen) atoms. The predicted molar refractivity (Wildman–Crippen MR) is 266 cm³/mol. The van der Waals surface area contributed by atoms with Gasteiger partial charge in [0.25, 0.3) is 0 Å². The number of hydrogen-bond acceptors (Lipinski definition) is 1. The molecule has 0 saturated carbocycles. The van der Waals surface area contributed by atoms with E-state index in [1.807, 2.05) is 0 Å². The molecule has 1 N–H and O–H groups in total. The molecule has 3 heteroatoms. The Balaban J connectivity index is 0.990. The van der Waals surface area contributed by atoms with Crippen molar-refractivity contribution in [3.05, 3.63) is 241 Å².